The number of benzene rings is 2. The first-order chi connectivity index (χ1) is 12.1. The van der Waals surface area contributed by atoms with Gasteiger partial charge < -0.3 is 10.1 Å². The summed E-state index contributed by atoms with van der Waals surface area (Å²) in [5.41, 5.74) is 2.32. The molecule has 0 atom stereocenters. The summed E-state index contributed by atoms with van der Waals surface area (Å²) in [4.78, 5) is 23.7. The van der Waals surface area contributed by atoms with Gasteiger partial charge in [-0.05, 0) is 54.3 Å². The van der Waals surface area contributed by atoms with E-state index in [-0.39, 0.29) is 12.5 Å². The monoisotopic (exact) mass is 355 g/mol. The largest absolute Gasteiger partial charge is 0.458 e. The molecule has 0 unspecified atom stereocenters. The molecule has 0 aliphatic heterocycles. The van der Waals surface area contributed by atoms with Gasteiger partial charge in [0.25, 0.3) is 5.91 Å². The van der Waals surface area contributed by atoms with Crippen molar-refractivity contribution in [2.45, 2.75) is 25.5 Å². The summed E-state index contributed by atoms with van der Waals surface area (Å²) in [7, 11) is 0. The maximum atomic E-state index is 11.9. The molecule has 2 aromatic carbocycles. The van der Waals surface area contributed by atoms with Crippen LogP contribution in [0.15, 0.2) is 54.6 Å². The first-order valence-corrected chi connectivity index (χ1v) is 8.48. The van der Waals surface area contributed by atoms with Gasteiger partial charge in [-0.2, -0.15) is 0 Å². The zero-order valence-electron chi connectivity index (χ0n) is 13.6. The van der Waals surface area contributed by atoms with Crippen LogP contribution in [0.3, 0.4) is 0 Å². The molecule has 0 spiro atoms. The van der Waals surface area contributed by atoms with Crippen LogP contribution in [0.25, 0.3) is 6.08 Å². The van der Waals surface area contributed by atoms with E-state index in [1.54, 1.807) is 42.5 Å². The minimum absolute atomic E-state index is 0.0552. The number of halogens is 1. The number of hydrogen-bond donors (Lipinski definition) is 1. The lowest BCUT2D eigenvalue weighted by Crippen LogP contribution is -2.25. The Morgan fingerprint density at radius 3 is 2.40 bits per heavy atom. The van der Waals surface area contributed by atoms with Crippen molar-refractivity contribution in [3.05, 3.63) is 76.3 Å². The van der Waals surface area contributed by atoms with Crippen molar-refractivity contribution in [1.29, 1.82) is 0 Å². The summed E-state index contributed by atoms with van der Waals surface area (Å²) in [6.07, 6.45) is 5.15. The molecular weight excluding hydrogens is 338 g/mol. The number of amides is 1. The molecule has 0 heterocycles. The average molecular weight is 356 g/mol. The molecule has 1 N–H and O–H groups in total. The highest BCUT2D eigenvalue weighted by molar-refractivity contribution is 6.30. The lowest BCUT2D eigenvalue weighted by atomic mass is 10.1. The summed E-state index contributed by atoms with van der Waals surface area (Å²) < 4.78 is 5.17. The number of carbonyl (C=O) groups excluding carboxylic acids is 2. The van der Waals surface area contributed by atoms with Gasteiger partial charge in [0.05, 0.1) is 0 Å². The Hall–Kier alpha value is -2.59. The predicted octanol–water partition coefficient (Wildman–Crippen LogP) is 3.99. The van der Waals surface area contributed by atoms with E-state index in [9.17, 15) is 9.59 Å². The second kappa shape index (κ2) is 7.99. The smallest absolute Gasteiger partial charge is 0.331 e. The van der Waals surface area contributed by atoms with Crippen molar-refractivity contribution in [3.8, 4) is 0 Å². The van der Waals surface area contributed by atoms with E-state index in [2.05, 4.69) is 5.32 Å². The predicted molar refractivity (Wildman–Crippen MR) is 97.2 cm³/mol. The fourth-order valence-electron chi connectivity index (χ4n) is 2.19. The molecule has 25 heavy (non-hydrogen) atoms. The van der Waals surface area contributed by atoms with Crippen LogP contribution in [0.2, 0.25) is 5.02 Å². The van der Waals surface area contributed by atoms with E-state index >= 15 is 0 Å². The van der Waals surface area contributed by atoms with Crippen LogP contribution in [-0.2, 0) is 16.1 Å². The number of ether oxygens (including phenoxy) is 1. The Bertz CT molecular complexity index is 778. The highest BCUT2D eigenvalue weighted by Crippen LogP contribution is 2.19. The van der Waals surface area contributed by atoms with Crippen molar-refractivity contribution in [2.24, 2.45) is 0 Å². The van der Waals surface area contributed by atoms with Crippen LogP contribution in [0, 0.1) is 0 Å². The van der Waals surface area contributed by atoms with Gasteiger partial charge in [0.15, 0.2) is 0 Å². The first kappa shape index (κ1) is 17.2. The van der Waals surface area contributed by atoms with Crippen molar-refractivity contribution in [1.82, 2.24) is 5.32 Å². The van der Waals surface area contributed by atoms with Gasteiger partial charge in [-0.15, -0.1) is 0 Å². The Balaban J connectivity index is 1.49. The van der Waals surface area contributed by atoms with E-state index in [1.807, 2.05) is 12.1 Å². The summed E-state index contributed by atoms with van der Waals surface area (Å²) in [5, 5.41) is 3.58. The van der Waals surface area contributed by atoms with Gasteiger partial charge in [-0.25, -0.2) is 4.79 Å². The summed E-state index contributed by atoms with van der Waals surface area (Å²) in [5.74, 6) is -0.481. The van der Waals surface area contributed by atoms with E-state index in [1.165, 1.54) is 6.08 Å². The topological polar surface area (TPSA) is 55.4 Å². The number of hydrogen-bond acceptors (Lipinski definition) is 3. The van der Waals surface area contributed by atoms with Gasteiger partial charge in [0, 0.05) is 22.7 Å². The Morgan fingerprint density at radius 1 is 1.08 bits per heavy atom. The molecule has 0 radical (unpaired) electrons. The second-order valence-electron chi connectivity index (χ2n) is 5.94. The summed E-state index contributed by atoms with van der Waals surface area (Å²) >= 11 is 5.81. The summed E-state index contributed by atoms with van der Waals surface area (Å²) in [6, 6.07) is 14.5. The second-order valence-corrected chi connectivity index (χ2v) is 6.37. The maximum Gasteiger partial charge on any atom is 0.331 e. The minimum atomic E-state index is -0.425. The normalized spacial score (nSPS) is 13.6. The fourth-order valence-corrected chi connectivity index (χ4v) is 2.32. The Morgan fingerprint density at radius 2 is 1.76 bits per heavy atom. The lowest BCUT2D eigenvalue weighted by molar-refractivity contribution is -0.138. The minimum Gasteiger partial charge on any atom is -0.458 e. The third-order valence-corrected chi connectivity index (χ3v) is 4.04. The number of nitrogens with one attached hydrogen (secondary N) is 1. The van der Waals surface area contributed by atoms with E-state index in [4.69, 9.17) is 16.3 Å². The highest BCUT2D eigenvalue weighted by atomic mass is 35.5. The van der Waals surface area contributed by atoms with Crippen LogP contribution >= 0.6 is 11.6 Å². The molecule has 0 saturated heterocycles. The average Bonchev–Trinajstić information content (AvgIpc) is 3.44. The Kier molecular flexibility index (Phi) is 5.51. The van der Waals surface area contributed by atoms with Crippen LogP contribution in [-0.4, -0.2) is 17.9 Å². The SMILES string of the molecule is O=C(/C=C/c1ccc(C(=O)NC2CC2)cc1)OCc1ccc(Cl)cc1. The lowest BCUT2D eigenvalue weighted by Gasteiger charge is -2.04. The van der Waals surface area contributed by atoms with Gasteiger partial charge in [-0.1, -0.05) is 35.9 Å². The quantitative estimate of drug-likeness (QED) is 0.629. The maximum absolute atomic E-state index is 11.9. The van der Waals surface area contributed by atoms with Crippen LogP contribution in [0.5, 0.6) is 0 Å². The zero-order chi connectivity index (χ0) is 17.6. The first-order valence-electron chi connectivity index (χ1n) is 8.10. The van der Waals surface area contributed by atoms with Gasteiger partial charge in [0.1, 0.15) is 6.61 Å². The molecule has 1 aliphatic rings. The summed E-state index contributed by atoms with van der Waals surface area (Å²) in [6.45, 7) is 0.195. The van der Waals surface area contributed by atoms with Crippen molar-refractivity contribution in [2.75, 3.05) is 0 Å². The Labute approximate surface area is 151 Å². The number of carbonyl (C=O) groups is 2. The van der Waals surface area contributed by atoms with Gasteiger partial charge in [-0.3, -0.25) is 4.79 Å². The molecular formula is C20H18ClNO3. The number of esters is 1. The van der Waals surface area contributed by atoms with Crippen molar-refractivity contribution in [3.63, 3.8) is 0 Å². The molecule has 3 rings (SSSR count). The van der Waals surface area contributed by atoms with Crippen molar-refractivity contribution < 1.29 is 14.3 Å². The zero-order valence-corrected chi connectivity index (χ0v) is 14.3. The molecule has 128 valence electrons. The molecule has 0 aromatic heterocycles. The van der Waals surface area contributed by atoms with Crippen LogP contribution < -0.4 is 5.32 Å². The van der Waals surface area contributed by atoms with Gasteiger partial charge >= 0.3 is 5.97 Å². The molecule has 2 aromatic rings. The molecule has 0 bridgehead atoms. The molecule has 4 nitrogen and oxygen atoms in total. The molecule has 5 heteroatoms. The van der Waals surface area contributed by atoms with E-state index in [0.29, 0.717) is 16.6 Å². The highest BCUT2D eigenvalue weighted by Gasteiger charge is 2.23. The van der Waals surface area contributed by atoms with E-state index < -0.39 is 5.97 Å². The third-order valence-electron chi connectivity index (χ3n) is 3.79. The molecule has 1 fully saturated rings. The standard InChI is InChI=1S/C20H18ClNO3/c21-17-8-3-15(4-9-17)13-25-19(23)12-5-14-1-6-16(7-2-14)20(24)22-18-10-11-18/h1-9,12,18H,10-11,13H2,(H,22,24)/b12-5+. The third kappa shape index (κ3) is 5.47. The molecule has 1 aliphatic carbocycles. The van der Waals surface area contributed by atoms with Crippen molar-refractivity contribution >= 4 is 29.6 Å². The van der Waals surface area contributed by atoms with Crippen LogP contribution in [0.4, 0.5) is 0 Å². The van der Waals surface area contributed by atoms with Crippen LogP contribution in [0.1, 0.15) is 34.3 Å². The van der Waals surface area contributed by atoms with Gasteiger partial charge in [0.2, 0.25) is 0 Å². The number of rotatable bonds is 6. The molecule has 1 saturated carbocycles. The molecule has 1 amide bonds. The fraction of sp³-hybridized carbons (Fsp3) is 0.200. The van der Waals surface area contributed by atoms with E-state index in [0.717, 1.165) is 24.0 Å².